The van der Waals surface area contributed by atoms with Crippen LogP contribution in [0, 0.1) is 0 Å². The highest BCUT2D eigenvalue weighted by atomic mass is 16.1. The Balaban J connectivity index is 2.19. The van der Waals surface area contributed by atoms with Gasteiger partial charge in [0.1, 0.15) is 0 Å². The topological polar surface area (TPSA) is 55.1 Å². The van der Waals surface area contributed by atoms with Crippen LogP contribution < -0.4 is 11.1 Å². The standard InChI is InChI=1S/C10H20N2O/c11-8-4-3-6-9-5-1-2-7-10(13)12-9/h9H,1-8,11H2,(H,12,13). The number of nitrogens with one attached hydrogen (secondary N) is 1. The van der Waals surface area contributed by atoms with Gasteiger partial charge in [-0.3, -0.25) is 4.79 Å². The molecule has 0 aliphatic carbocycles. The van der Waals surface area contributed by atoms with Crippen molar-refractivity contribution in [2.24, 2.45) is 5.73 Å². The highest BCUT2D eigenvalue weighted by Gasteiger charge is 2.15. The summed E-state index contributed by atoms with van der Waals surface area (Å²) in [5.41, 5.74) is 5.41. The molecule has 0 aromatic carbocycles. The Morgan fingerprint density at radius 3 is 3.00 bits per heavy atom. The second kappa shape index (κ2) is 5.97. The van der Waals surface area contributed by atoms with E-state index in [-0.39, 0.29) is 5.91 Å². The minimum Gasteiger partial charge on any atom is -0.353 e. The van der Waals surface area contributed by atoms with Crippen LogP contribution in [0.1, 0.15) is 44.9 Å². The number of unbranched alkanes of at least 4 members (excludes halogenated alkanes) is 1. The van der Waals surface area contributed by atoms with Crippen LogP contribution in [0.15, 0.2) is 0 Å². The molecule has 3 heteroatoms. The summed E-state index contributed by atoms with van der Waals surface area (Å²) in [6, 6.07) is 0.418. The molecular weight excluding hydrogens is 164 g/mol. The molecule has 3 N–H and O–H groups in total. The van der Waals surface area contributed by atoms with Crippen LogP contribution in [0.2, 0.25) is 0 Å². The van der Waals surface area contributed by atoms with Gasteiger partial charge in [0, 0.05) is 12.5 Å². The van der Waals surface area contributed by atoms with Crippen LogP contribution in [0.4, 0.5) is 0 Å². The van der Waals surface area contributed by atoms with E-state index < -0.39 is 0 Å². The maximum atomic E-state index is 11.2. The Bertz CT molecular complexity index is 159. The zero-order valence-corrected chi connectivity index (χ0v) is 8.22. The molecule has 1 atom stereocenters. The van der Waals surface area contributed by atoms with E-state index in [2.05, 4.69) is 5.32 Å². The normalized spacial score (nSPS) is 23.8. The van der Waals surface area contributed by atoms with Gasteiger partial charge in [-0.05, 0) is 32.2 Å². The second-order valence-electron chi connectivity index (χ2n) is 3.79. The fraction of sp³-hybridized carbons (Fsp3) is 0.900. The molecule has 0 aromatic heterocycles. The van der Waals surface area contributed by atoms with Crippen molar-refractivity contribution in [1.82, 2.24) is 5.32 Å². The van der Waals surface area contributed by atoms with Crippen LogP contribution >= 0.6 is 0 Å². The summed E-state index contributed by atoms with van der Waals surface area (Å²) in [7, 11) is 0. The summed E-state index contributed by atoms with van der Waals surface area (Å²) < 4.78 is 0. The molecule has 1 heterocycles. The molecular formula is C10H20N2O. The van der Waals surface area contributed by atoms with Crippen molar-refractivity contribution in [1.29, 1.82) is 0 Å². The molecule has 76 valence electrons. The molecule has 0 aromatic rings. The van der Waals surface area contributed by atoms with E-state index >= 15 is 0 Å². The summed E-state index contributed by atoms with van der Waals surface area (Å²) in [4.78, 5) is 11.2. The van der Waals surface area contributed by atoms with Gasteiger partial charge in [-0.2, -0.15) is 0 Å². The third-order valence-corrected chi connectivity index (χ3v) is 2.58. The zero-order chi connectivity index (χ0) is 9.52. The number of nitrogens with two attached hydrogens (primary N) is 1. The minimum atomic E-state index is 0.232. The van der Waals surface area contributed by atoms with Crippen LogP contribution in [0.3, 0.4) is 0 Å². The van der Waals surface area contributed by atoms with Crippen LogP contribution in [0.5, 0.6) is 0 Å². The predicted octanol–water partition coefficient (Wildman–Crippen LogP) is 1.17. The monoisotopic (exact) mass is 184 g/mol. The minimum absolute atomic E-state index is 0.232. The summed E-state index contributed by atoms with van der Waals surface area (Å²) in [6.07, 6.45) is 7.42. The highest BCUT2D eigenvalue weighted by Crippen LogP contribution is 2.13. The van der Waals surface area contributed by atoms with E-state index in [1.54, 1.807) is 0 Å². The Hall–Kier alpha value is -0.570. The third-order valence-electron chi connectivity index (χ3n) is 2.58. The summed E-state index contributed by atoms with van der Waals surface area (Å²) >= 11 is 0. The quantitative estimate of drug-likeness (QED) is 0.644. The van der Waals surface area contributed by atoms with Gasteiger partial charge in [0.2, 0.25) is 5.91 Å². The van der Waals surface area contributed by atoms with E-state index in [4.69, 9.17) is 5.73 Å². The number of hydrogen-bond donors (Lipinski definition) is 2. The zero-order valence-electron chi connectivity index (χ0n) is 8.22. The fourth-order valence-electron chi connectivity index (χ4n) is 1.80. The summed E-state index contributed by atoms with van der Waals surface area (Å²) in [5.74, 6) is 0.232. The lowest BCUT2D eigenvalue weighted by molar-refractivity contribution is -0.121. The molecule has 1 unspecified atom stereocenters. The van der Waals surface area contributed by atoms with Gasteiger partial charge in [0.25, 0.3) is 0 Å². The number of carbonyl (C=O) groups is 1. The fourth-order valence-corrected chi connectivity index (χ4v) is 1.80. The molecule has 3 nitrogen and oxygen atoms in total. The van der Waals surface area contributed by atoms with Gasteiger partial charge in [0.05, 0.1) is 0 Å². The van der Waals surface area contributed by atoms with Gasteiger partial charge in [-0.15, -0.1) is 0 Å². The van der Waals surface area contributed by atoms with Gasteiger partial charge in [-0.1, -0.05) is 12.8 Å². The first kappa shape index (κ1) is 10.5. The van der Waals surface area contributed by atoms with E-state index in [9.17, 15) is 4.79 Å². The van der Waals surface area contributed by atoms with Gasteiger partial charge in [0.15, 0.2) is 0 Å². The van der Waals surface area contributed by atoms with Gasteiger partial charge >= 0.3 is 0 Å². The Morgan fingerprint density at radius 1 is 1.38 bits per heavy atom. The van der Waals surface area contributed by atoms with Crippen molar-refractivity contribution in [3.63, 3.8) is 0 Å². The molecule has 0 radical (unpaired) electrons. The SMILES string of the molecule is NCCCCC1CCCCC(=O)N1. The van der Waals surface area contributed by atoms with Crippen molar-refractivity contribution in [3.8, 4) is 0 Å². The summed E-state index contributed by atoms with van der Waals surface area (Å²) in [6.45, 7) is 0.765. The smallest absolute Gasteiger partial charge is 0.220 e. The predicted molar refractivity (Wildman–Crippen MR) is 53.3 cm³/mol. The van der Waals surface area contributed by atoms with Crippen molar-refractivity contribution < 1.29 is 4.79 Å². The van der Waals surface area contributed by atoms with E-state index in [0.717, 1.165) is 38.6 Å². The van der Waals surface area contributed by atoms with Crippen LogP contribution in [0.25, 0.3) is 0 Å². The third kappa shape index (κ3) is 4.27. The molecule has 1 saturated heterocycles. The van der Waals surface area contributed by atoms with Gasteiger partial charge in [-0.25, -0.2) is 0 Å². The van der Waals surface area contributed by atoms with E-state index in [0.29, 0.717) is 12.5 Å². The van der Waals surface area contributed by atoms with Crippen molar-refractivity contribution in [2.75, 3.05) is 6.54 Å². The van der Waals surface area contributed by atoms with Crippen molar-refractivity contribution >= 4 is 5.91 Å². The number of hydrogen-bond acceptors (Lipinski definition) is 2. The van der Waals surface area contributed by atoms with Crippen LogP contribution in [-0.2, 0) is 4.79 Å². The second-order valence-corrected chi connectivity index (χ2v) is 3.79. The lowest BCUT2D eigenvalue weighted by atomic mass is 10.0. The maximum absolute atomic E-state index is 11.2. The number of amides is 1. The summed E-state index contributed by atoms with van der Waals surface area (Å²) in [5, 5.41) is 3.06. The lowest BCUT2D eigenvalue weighted by Crippen LogP contribution is -2.32. The first-order valence-electron chi connectivity index (χ1n) is 5.32. The van der Waals surface area contributed by atoms with E-state index in [1.165, 1.54) is 6.42 Å². The van der Waals surface area contributed by atoms with E-state index in [1.807, 2.05) is 0 Å². The Morgan fingerprint density at radius 2 is 2.23 bits per heavy atom. The molecule has 0 spiro atoms. The largest absolute Gasteiger partial charge is 0.353 e. The molecule has 1 aliphatic heterocycles. The molecule has 1 aliphatic rings. The first-order chi connectivity index (χ1) is 6.33. The molecule has 1 fully saturated rings. The molecule has 13 heavy (non-hydrogen) atoms. The van der Waals surface area contributed by atoms with Crippen molar-refractivity contribution in [2.45, 2.75) is 51.0 Å². The van der Waals surface area contributed by atoms with Gasteiger partial charge < -0.3 is 11.1 Å². The molecule has 1 rings (SSSR count). The molecule has 0 bridgehead atoms. The lowest BCUT2D eigenvalue weighted by Gasteiger charge is -2.14. The highest BCUT2D eigenvalue weighted by molar-refractivity contribution is 5.76. The van der Waals surface area contributed by atoms with Crippen molar-refractivity contribution in [3.05, 3.63) is 0 Å². The Kier molecular flexibility index (Phi) is 4.83. The number of carbonyl (C=O) groups excluding carboxylic acids is 1. The molecule has 0 saturated carbocycles. The first-order valence-corrected chi connectivity index (χ1v) is 5.32. The maximum Gasteiger partial charge on any atom is 0.220 e. The molecule has 1 amide bonds. The average Bonchev–Trinajstić information content (AvgIpc) is 2.31. The average molecular weight is 184 g/mol. The Labute approximate surface area is 80.1 Å². The number of rotatable bonds is 4. The van der Waals surface area contributed by atoms with Crippen LogP contribution in [-0.4, -0.2) is 18.5 Å².